The number of likely N-dealkylation sites (tertiary alicyclic amines) is 1. The maximum absolute atomic E-state index is 14.2. The molecule has 0 bridgehead atoms. The van der Waals surface area contributed by atoms with Gasteiger partial charge in [-0.05, 0) is 68.2 Å². The topological polar surface area (TPSA) is 41.6 Å². The summed E-state index contributed by atoms with van der Waals surface area (Å²) in [4.78, 5) is 13.4. The van der Waals surface area contributed by atoms with Crippen molar-refractivity contribution in [3.05, 3.63) is 29.6 Å². The number of nitrogens with zero attached hydrogens (tertiary/aromatic N) is 1. The zero-order valence-electron chi connectivity index (χ0n) is 15.6. The van der Waals surface area contributed by atoms with Gasteiger partial charge < -0.3 is 15.0 Å². The Kier molecular flexibility index (Phi) is 5.62. The van der Waals surface area contributed by atoms with Crippen LogP contribution in [-0.2, 0) is 11.2 Å². The van der Waals surface area contributed by atoms with E-state index in [1.807, 2.05) is 0 Å². The van der Waals surface area contributed by atoms with Crippen LogP contribution in [0.15, 0.2) is 18.2 Å². The molecule has 0 spiro atoms. The van der Waals surface area contributed by atoms with Crippen LogP contribution in [-0.4, -0.2) is 49.8 Å². The molecule has 0 unspecified atom stereocenters. The second-order valence-electron chi connectivity index (χ2n) is 8.21. The summed E-state index contributed by atoms with van der Waals surface area (Å²) < 4.78 is 32.8. The molecule has 1 aromatic carbocycles. The molecule has 2 aliphatic heterocycles. The molecule has 0 radical (unpaired) electrons. The molecule has 4 nitrogen and oxygen atoms in total. The van der Waals surface area contributed by atoms with Gasteiger partial charge in [-0.3, -0.25) is 4.79 Å². The Morgan fingerprint density at radius 1 is 1.26 bits per heavy atom. The number of benzene rings is 1. The van der Waals surface area contributed by atoms with E-state index in [0.29, 0.717) is 17.9 Å². The Hall–Kier alpha value is -1.69. The summed E-state index contributed by atoms with van der Waals surface area (Å²) in [6.45, 7) is 3.15. The van der Waals surface area contributed by atoms with Crippen molar-refractivity contribution in [1.82, 2.24) is 10.2 Å². The first-order valence-corrected chi connectivity index (χ1v) is 10.1. The fraction of sp³-hybridized carbons (Fsp3) is 0.667. The maximum Gasteiger partial charge on any atom is 0.227 e. The summed E-state index contributed by atoms with van der Waals surface area (Å²) in [6, 6.07) is 4.68. The summed E-state index contributed by atoms with van der Waals surface area (Å²) >= 11 is 0. The second-order valence-corrected chi connectivity index (χ2v) is 8.21. The smallest absolute Gasteiger partial charge is 0.227 e. The molecule has 2 atom stereocenters. The Bertz CT molecular complexity index is 672. The molecule has 4 rings (SSSR count). The minimum Gasteiger partial charge on any atom is -0.493 e. The van der Waals surface area contributed by atoms with Gasteiger partial charge in [0.2, 0.25) is 5.91 Å². The number of rotatable bonds is 7. The van der Waals surface area contributed by atoms with Gasteiger partial charge in [-0.1, -0.05) is 6.07 Å². The van der Waals surface area contributed by atoms with Gasteiger partial charge in [0.1, 0.15) is 17.7 Å². The first-order chi connectivity index (χ1) is 13.1. The summed E-state index contributed by atoms with van der Waals surface area (Å²) in [5.41, 5.74) is 0.336. The van der Waals surface area contributed by atoms with Crippen LogP contribution < -0.4 is 10.1 Å². The lowest BCUT2D eigenvalue weighted by atomic mass is 9.91. The molecule has 1 amide bonds. The van der Waals surface area contributed by atoms with E-state index in [0.717, 1.165) is 37.3 Å². The van der Waals surface area contributed by atoms with E-state index in [-0.39, 0.29) is 25.4 Å². The number of nitrogens with one attached hydrogen (secondary N) is 1. The van der Waals surface area contributed by atoms with Gasteiger partial charge in [-0.15, -0.1) is 0 Å². The number of piperidine rings is 1. The minimum atomic E-state index is -0.935. The maximum atomic E-state index is 14.2. The standard InChI is InChI=1S/C21H28F2N2O2/c22-17-12-25(13-17)21(26)10-16-1-2-18(11-20(16)23)27-8-5-15-9-19(15)14-3-6-24-7-4-14/h1-2,11,14-15,17,19,24H,3-10,12-13H2/t15-,19-/m1/s1. The zero-order chi connectivity index (χ0) is 18.8. The molecule has 1 aromatic rings. The first-order valence-electron chi connectivity index (χ1n) is 10.1. The highest BCUT2D eigenvalue weighted by molar-refractivity contribution is 5.79. The number of hydrogen-bond donors (Lipinski definition) is 1. The molecular formula is C21H28F2N2O2. The summed E-state index contributed by atoms with van der Waals surface area (Å²) in [7, 11) is 0. The lowest BCUT2D eigenvalue weighted by Gasteiger charge is -2.34. The highest BCUT2D eigenvalue weighted by Crippen LogP contribution is 2.49. The van der Waals surface area contributed by atoms with Gasteiger partial charge in [-0.25, -0.2) is 8.78 Å². The van der Waals surface area contributed by atoms with Gasteiger partial charge >= 0.3 is 0 Å². The number of carbonyl (C=O) groups excluding carboxylic acids is 1. The third kappa shape index (κ3) is 4.60. The third-order valence-electron chi connectivity index (χ3n) is 6.28. The predicted octanol–water partition coefficient (Wildman–Crippen LogP) is 2.95. The molecule has 2 heterocycles. The molecule has 6 heteroatoms. The molecule has 2 saturated heterocycles. The first kappa shape index (κ1) is 18.7. The number of ether oxygens (including phenoxy) is 1. The van der Waals surface area contributed by atoms with E-state index < -0.39 is 12.0 Å². The van der Waals surface area contributed by atoms with Crippen molar-refractivity contribution < 1.29 is 18.3 Å². The Morgan fingerprint density at radius 2 is 2.04 bits per heavy atom. The number of alkyl halides is 1. The predicted molar refractivity (Wildman–Crippen MR) is 98.9 cm³/mol. The van der Waals surface area contributed by atoms with Gasteiger partial charge in [0.15, 0.2) is 0 Å². The Balaban J connectivity index is 1.20. The lowest BCUT2D eigenvalue weighted by Crippen LogP contribution is -2.52. The van der Waals surface area contributed by atoms with Crippen LogP contribution in [0, 0.1) is 23.6 Å². The fourth-order valence-electron chi connectivity index (χ4n) is 4.45. The van der Waals surface area contributed by atoms with Crippen molar-refractivity contribution in [2.45, 2.75) is 38.3 Å². The highest BCUT2D eigenvalue weighted by atomic mass is 19.1. The Morgan fingerprint density at radius 3 is 2.74 bits per heavy atom. The van der Waals surface area contributed by atoms with Crippen LogP contribution >= 0.6 is 0 Å². The van der Waals surface area contributed by atoms with Crippen molar-refractivity contribution in [3.8, 4) is 5.75 Å². The number of amides is 1. The van der Waals surface area contributed by atoms with Crippen LogP contribution in [0.25, 0.3) is 0 Å². The van der Waals surface area contributed by atoms with Crippen LogP contribution in [0.4, 0.5) is 8.78 Å². The summed E-state index contributed by atoms with van der Waals surface area (Å²) in [5, 5.41) is 3.41. The molecule has 27 heavy (non-hydrogen) atoms. The quantitative estimate of drug-likeness (QED) is 0.793. The highest BCUT2D eigenvalue weighted by Gasteiger charge is 2.42. The monoisotopic (exact) mass is 378 g/mol. The van der Waals surface area contributed by atoms with Crippen LogP contribution in [0.5, 0.6) is 5.75 Å². The van der Waals surface area contributed by atoms with E-state index in [9.17, 15) is 13.6 Å². The largest absolute Gasteiger partial charge is 0.493 e. The fourth-order valence-corrected chi connectivity index (χ4v) is 4.45. The molecule has 148 valence electrons. The van der Waals surface area contributed by atoms with E-state index in [1.54, 1.807) is 12.1 Å². The molecule has 1 saturated carbocycles. The third-order valence-corrected chi connectivity index (χ3v) is 6.28. The number of hydrogen-bond acceptors (Lipinski definition) is 3. The normalized spacial score (nSPS) is 25.9. The number of carbonyl (C=O) groups is 1. The molecule has 1 aliphatic carbocycles. The van der Waals surface area contributed by atoms with E-state index in [2.05, 4.69) is 5.32 Å². The lowest BCUT2D eigenvalue weighted by molar-refractivity contribution is -0.137. The van der Waals surface area contributed by atoms with E-state index in [1.165, 1.54) is 30.2 Å². The summed E-state index contributed by atoms with van der Waals surface area (Å²) in [6.07, 6.45) is 3.94. The molecule has 3 aliphatic rings. The zero-order valence-corrected chi connectivity index (χ0v) is 15.6. The van der Waals surface area contributed by atoms with E-state index in [4.69, 9.17) is 4.74 Å². The minimum absolute atomic E-state index is 0.0289. The summed E-state index contributed by atoms with van der Waals surface area (Å²) in [5.74, 6) is 2.32. The van der Waals surface area contributed by atoms with Gasteiger partial charge in [0.05, 0.1) is 26.1 Å². The van der Waals surface area contributed by atoms with Gasteiger partial charge in [0, 0.05) is 6.07 Å². The van der Waals surface area contributed by atoms with Crippen molar-refractivity contribution in [2.75, 3.05) is 32.8 Å². The molecule has 0 aromatic heterocycles. The van der Waals surface area contributed by atoms with Gasteiger partial charge in [0.25, 0.3) is 0 Å². The number of halogens is 2. The average molecular weight is 378 g/mol. The van der Waals surface area contributed by atoms with E-state index >= 15 is 0 Å². The van der Waals surface area contributed by atoms with Crippen molar-refractivity contribution in [1.29, 1.82) is 0 Å². The molecule has 3 fully saturated rings. The second kappa shape index (κ2) is 8.13. The van der Waals surface area contributed by atoms with Gasteiger partial charge in [-0.2, -0.15) is 0 Å². The van der Waals surface area contributed by atoms with Crippen LogP contribution in [0.3, 0.4) is 0 Å². The van der Waals surface area contributed by atoms with Crippen molar-refractivity contribution in [3.63, 3.8) is 0 Å². The Labute approximate surface area is 159 Å². The molecular weight excluding hydrogens is 350 g/mol. The van der Waals surface area contributed by atoms with Crippen molar-refractivity contribution in [2.24, 2.45) is 17.8 Å². The van der Waals surface area contributed by atoms with Crippen LogP contribution in [0.1, 0.15) is 31.2 Å². The SMILES string of the molecule is O=C(Cc1ccc(OCC[C@@H]2C[C@@H]2C2CCNCC2)cc1F)N1CC(F)C1. The molecule has 1 N–H and O–H groups in total. The van der Waals surface area contributed by atoms with Crippen molar-refractivity contribution >= 4 is 5.91 Å². The average Bonchev–Trinajstić information content (AvgIpc) is 3.41. The van der Waals surface area contributed by atoms with Crippen LogP contribution in [0.2, 0.25) is 0 Å².